The predicted octanol–water partition coefficient (Wildman–Crippen LogP) is 5.74. The van der Waals surface area contributed by atoms with Gasteiger partial charge in [-0.2, -0.15) is 0 Å². The van der Waals surface area contributed by atoms with E-state index in [1.165, 1.54) is 18.7 Å². The number of aliphatic hydroxyl groups is 1. The predicted molar refractivity (Wildman–Crippen MR) is 450 cm³/mol. The summed E-state index contributed by atoms with van der Waals surface area (Å²) in [4.78, 5) is 98.8. The highest BCUT2D eigenvalue weighted by molar-refractivity contribution is 6.68. The Morgan fingerprint density at radius 2 is 0.602 bits per heavy atom. The second-order valence-corrected chi connectivity index (χ2v) is 53.1. The number of carbonyl (C=O) groups is 8. The average molecular weight is 1770 g/mol. The molecule has 45 heteroatoms. The van der Waals surface area contributed by atoms with Crippen molar-refractivity contribution in [2.45, 2.75) is 167 Å². The Balaban J connectivity index is -0.000000298. The van der Waals surface area contributed by atoms with Crippen LogP contribution in [0.1, 0.15) is 98.8 Å². The van der Waals surface area contributed by atoms with Gasteiger partial charge in [0, 0.05) is 301 Å². The lowest BCUT2D eigenvalue weighted by Gasteiger charge is -2.28. The third kappa shape index (κ3) is 54.5. The summed E-state index contributed by atoms with van der Waals surface area (Å²) in [7, 11) is 22.5. The number of urea groups is 1. The molecule has 113 heavy (non-hydrogen) atoms. The van der Waals surface area contributed by atoms with E-state index in [0.717, 1.165) is 76.0 Å². The van der Waals surface area contributed by atoms with Crippen molar-refractivity contribution in [3.8, 4) is 0 Å². The summed E-state index contributed by atoms with van der Waals surface area (Å²) in [6.07, 6.45) is 7.07. The van der Waals surface area contributed by atoms with Gasteiger partial charge < -0.3 is 129 Å². The summed E-state index contributed by atoms with van der Waals surface area (Å²) in [5.41, 5.74) is 0. The second kappa shape index (κ2) is 68.4. The average Bonchev–Trinajstić information content (AvgIpc) is 1.73. The Morgan fingerprint density at radius 3 is 0.858 bits per heavy atom. The molecule has 3 N–H and O–H groups in total. The van der Waals surface area contributed by atoms with Gasteiger partial charge in [0.1, 0.15) is 0 Å². The molecule has 0 unspecified atom stereocenters. The van der Waals surface area contributed by atoms with Gasteiger partial charge in [-0.05, 0) is 95.2 Å². The van der Waals surface area contributed by atoms with Crippen molar-refractivity contribution in [3.05, 3.63) is 0 Å². The monoisotopic (exact) mass is 1770 g/mol. The number of hydrogen-bond donors (Lipinski definition) is 3. The van der Waals surface area contributed by atoms with Crippen LogP contribution >= 0.6 is 0 Å². The molecular formula is C68H156N8O29Si8. The lowest BCUT2D eigenvalue weighted by molar-refractivity contribution is -0.138. The van der Waals surface area contributed by atoms with E-state index in [-0.39, 0.29) is 53.6 Å². The van der Waals surface area contributed by atoms with E-state index in [4.69, 9.17) is 88.5 Å². The number of amides is 9. The van der Waals surface area contributed by atoms with Crippen molar-refractivity contribution in [1.29, 1.82) is 0 Å². The van der Waals surface area contributed by atoms with Gasteiger partial charge in [0.25, 0.3) is 0 Å². The minimum atomic E-state index is -2.60. The van der Waals surface area contributed by atoms with E-state index in [2.05, 4.69) is 10.6 Å². The van der Waals surface area contributed by atoms with Gasteiger partial charge in [0.2, 0.25) is 41.4 Å². The van der Waals surface area contributed by atoms with Gasteiger partial charge in [-0.25, -0.2) is 4.79 Å². The zero-order chi connectivity index (χ0) is 88.7. The van der Waals surface area contributed by atoms with Gasteiger partial charge in [-0.15, -0.1) is 0 Å². The first-order valence-electron chi connectivity index (χ1n) is 37.5. The molecule has 0 aliphatic carbocycles. The standard InChI is InChI=1S/C14H33NO7Si2.C10H24N2O4Si.C10H19NO4Si.C9H21NO4Si.C9H21NO3Si.C8H19NO4Si.C8H19NO3Si/c1-14(17)15(9-7-11-23(13-16,18-2)19-3)10-8-12-24(20-4,21-5)22-6;1-11(2)10(13)12(3)8-7-9-17(14-4,15-5)16-6;1-14-16(3,15-2)8-4-7-11-9(12)5-6-10(11)13;1-9(11)10(2)7-6-8-15(12-3,13-4)14-5;1-9(11)10(2)7-6-8-14(5,12-3)13-4;1-8(10)9-6-5-7-14(11-2,12-3)13-4;1-8(10)9-6-5-7-13(4,11-2)12-3/h16H,7-13H2,1-6H3;7-9H2,1-6H3;4-8H2,1-3H3;6-8H2,1-5H3;6-8H2,1-5H3;5-7H2,1-4H3,(H,9,10);5-7H2,1-4H3,(H,9,10). The smallest absolute Gasteiger partial charge is 0.398 e. The minimum absolute atomic E-state index is 0.00971. The lowest BCUT2D eigenvalue weighted by Crippen LogP contribution is -2.45. The van der Waals surface area contributed by atoms with Crippen molar-refractivity contribution < 1.29 is 132 Å². The number of nitrogens with one attached hydrogen (secondary N) is 2. The molecule has 0 aromatic heterocycles. The first-order valence-corrected chi connectivity index (χ1v) is 55.0. The second-order valence-electron chi connectivity index (χ2n) is 26.5. The van der Waals surface area contributed by atoms with Crippen LogP contribution in [-0.4, -0.2) is 387 Å². The van der Waals surface area contributed by atoms with Crippen LogP contribution in [0.25, 0.3) is 0 Å². The largest absolute Gasteiger partial charge is 0.500 e. The zero-order valence-electron chi connectivity index (χ0n) is 75.7. The molecule has 0 bridgehead atoms. The summed E-state index contributed by atoms with van der Waals surface area (Å²) in [6, 6.07) is 5.99. The summed E-state index contributed by atoms with van der Waals surface area (Å²) >= 11 is 0. The van der Waals surface area contributed by atoms with Crippen LogP contribution in [0.2, 0.25) is 68.0 Å². The SMILES string of the molecule is CO[Si](C)(CCCN(C)C(C)=O)OC.CO[Si](C)(CCCN1C(=O)CCC1=O)OC.CO[Si](C)(CCCNC(C)=O)OC.CO[Si](CCCN(C)C(=O)N(C)C)(OC)OC.CO[Si](CCCN(C)C(C)=O)(OC)OC.CO[Si](CCCNC(C)=O)(OC)OC.CO[Si](CO)(CCCN(CCC[Si](OC)(OC)OC)C(C)=O)OC. The van der Waals surface area contributed by atoms with E-state index in [1.54, 1.807) is 223 Å². The lowest BCUT2D eigenvalue weighted by atomic mass is 10.3. The Bertz CT molecular complexity index is 2400. The highest BCUT2D eigenvalue weighted by atomic mass is 28.4. The molecule has 0 aromatic carbocycles. The fourth-order valence-electron chi connectivity index (χ4n) is 10.2. The molecule has 1 fully saturated rings. The number of hydrogen-bond acceptors (Lipinski definition) is 29. The highest BCUT2D eigenvalue weighted by Crippen LogP contribution is 2.22. The van der Waals surface area contributed by atoms with Crippen LogP contribution < -0.4 is 10.6 Å². The molecule has 1 aliphatic rings. The van der Waals surface area contributed by atoms with Crippen molar-refractivity contribution in [2.24, 2.45) is 0 Å². The topological polar surface area (TPSA) is 385 Å². The number of aliphatic hydroxyl groups excluding tert-OH is 1. The van der Waals surface area contributed by atoms with Gasteiger partial charge in [-0.3, -0.25) is 38.5 Å². The maximum absolute atomic E-state index is 11.8. The third-order valence-electron chi connectivity index (χ3n) is 18.9. The van der Waals surface area contributed by atoms with Gasteiger partial charge >= 0.3 is 75.5 Å². The quantitative estimate of drug-likeness (QED) is 0.0371. The van der Waals surface area contributed by atoms with Crippen molar-refractivity contribution in [1.82, 2.24) is 40.0 Å². The molecule has 1 heterocycles. The Hall–Kier alpha value is -3.34. The molecule has 1 rings (SSSR count). The maximum Gasteiger partial charge on any atom is 0.500 e. The summed E-state index contributed by atoms with van der Waals surface area (Å²) in [5, 5.41) is 14.9. The minimum Gasteiger partial charge on any atom is -0.398 e. The van der Waals surface area contributed by atoms with Crippen LogP contribution in [0.3, 0.4) is 0 Å². The van der Waals surface area contributed by atoms with Crippen molar-refractivity contribution in [3.63, 3.8) is 0 Å². The maximum atomic E-state index is 11.8. The molecule has 0 aromatic rings. The number of likely N-dealkylation sites (tertiary alicyclic amines) is 1. The molecule has 0 spiro atoms. The van der Waals surface area contributed by atoms with Crippen molar-refractivity contribution in [2.75, 3.05) is 236 Å². The fraction of sp³-hybridized carbons (Fsp3) is 0.882. The zero-order valence-corrected chi connectivity index (χ0v) is 83.7. The van der Waals surface area contributed by atoms with Crippen molar-refractivity contribution >= 4 is 117 Å². The van der Waals surface area contributed by atoms with Crippen LogP contribution in [0.15, 0.2) is 0 Å². The summed E-state index contributed by atoms with van der Waals surface area (Å²) < 4.78 is 106. The Morgan fingerprint density at radius 1 is 0.345 bits per heavy atom. The number of nitrogens with zero attached hydrogens (tertiary/aromatic N) is 6. The Kier molecular flexibility index (Phi) is 73.0. The van der Waals surface area contributed by atoms with E-state index in [1.807, 2.05) is 19.6 Å². The summed E-state index contributed by atoms with van der Waals surface area (Å²) in [5.74, 6) is 0.0625. The molecular weight excluding hydrogens is 1620 g/mol. The fourth-order valence-corrected chi connectivity index (χ4v) is 22.8. The first-order chi connectivity index (χ1) is 52.9. The number of carbonyl (C=O) groups excluding carboxylic acids is 8. The molecule has 37 nitrogen and oxygen atoms in total. The van der Waals surface area contributed by atoms with Crippen LogP contribution in [0.5, 0.6) is 0 Å². The molecule has 9 amide bonds. The highest BCUT2D eigenvalue weighted by Gasteiger charge is 2.41. The molecule has 0 saturated carbocycles. The van der Waals surface area contributed by atoms with E-state index >= 15 is 0 Å². The summed E-state index contributed by atoms with van der Waals surface area (Å²) in [6.45, 7) is 18.8. The molecule has 1 saturated heterocycles. The van der Waals surface area contributed by atoms with Gasteiger partial charge in [0.15, 0.2) is 0 Å². The van der Waals surface area contributed by atoms with Crippen LogP contribution in [0, 0.1) is 0 Å². The first kappa shape index (κ1) is 120. The van der Waals surface area contributed by atoms with Crippen LogP contribution in [0.4, 0.5) is 4.79 Å². The van der Waals surface area contributed by atoms with Gasteiger partial charge in [0.05, 0.1) is 6.23 Å². The number of rotatable bonds is 53. The molecule has 0 atom stereocenters. The number of imide groups is 1. The molecule has 674 valence electrons. The normalized spacial score (nSPS) is 12.5. The van der Waals surface area contributed by atoms with E-state index < -0.39 is 69.5 Å². The third-order valence-corrected chi connectivity index (χ3v) is 42.3. The van der Waals surface area contributed by atoms with E-state index in [0.29, 0.717) is 88.9 Å². The molecule has 1 aliphatic heterocycles. The van der Waals surface area contributed by atoms with E-state index in [9.17, 15) is 43.5 Å². The molecule has 0 radical (unpaired) electrons. The Labute approximate surface area is 688 Å². The van der Waals surface area contributed by atoms with Crippen LogP contribution in [-0.2, 0) is 122 Å². The van der Waals surface area contributed by atoms with Gasteiger partial charge in [-0.1, -0.05) is 0 Å².